The molecule has 0 aromatic carbocycles. The molecule has 3 heteroatoms. The molecule has 0 radical (unpaired) electrons. The van der Waals surface area contributed by atoms with Crippen LogP contribution in [0.1, 0.15) is 20.3 Å². The first-order chi connectivity index (χ1) is 6.16. The fourth-order valence-electron chi connectivity index (χ4n) is 2.41. The van der Waals surface area contributed by atoms with E-state index in [4.69, 9.17) is 14.2 Å². The van der Waals surface area contributed by atoms with E-state index in [0.717, 1.165) is 6.42 Å². The molecule has 3 rings (SSSR count). The summed E-state index contributed by atoms with van der Waals surface area (Å²) in [6, 6.07) is 0. The van der Waals surface area contributed by atoms with Gasteiger partial charge < -0.3 is 14.2 Å². The number of hydrogen-bond donors (Lipinski definition) is 0. The van der Waals surface area contributed by atoms with Crippen LogP contribution < -0.4 is 0 Å². The van der Waals surface area contributed by atoms with Crippen molar-refractivity contribution in [1.29, 1.82) is 0 Å². The average Bonchev–Trinajstić information content (AvgIpc) is 2.50. The van der Waals surface area contributed by atoms with Crippen molar-refractivity contribution in [3.05, 3.63) is 12.2 Å². The van der Waals surface area contributed by atoms with Gasteiger partial charge in [-0.15, -0.1) is 0 Å². The molecule has 13 heavy (non-hydrogen) atoms. The fraction of sp³-hybridized carbons (Fsp3) is 0.800. The van der Waals surface area contributed by atoms with Gasteiger partial charge >= 0.3 is 0 Å². The summed E-state index contributed by atoms with van der Waals surface area (Å²) in [5.74, 6) is -0.430. The normalized spacial score (nSPS) is 50.9. The monoisotopic (exact) mass is 182 g/mol. The molecular weight excluding hydrogens is 168 g/mol. The number of hydrogen-bond acceptors (Lipinski definition) is 3. The predicted octanol–water partition coefficient (Wildman–Crippen LogP) is 1.23. The maximum Gasteiger partial charge on any atom is 0.164 e. The van der Waals surface area contributed by atoms with E-state index >= 15 is 0 Å². The molecule has 0 amide bonds. The standard InChI is InChI=1S/C10H14O3/c1-10(2)12-8-6-4-3-5-7(11-6)9(8)13-10/h3-4,6-9H,5H2,1-2H3. The van der Waals surface area contributed by atoms with Gasteiger partial charge in [0.2, 0.25) is 0 Å². The Bertz CT molecular complexity index is 259. The molecule has 0 saturated carbocycles. The first kappa shape index (κ1) is 7.97. The van der Waals surface area contributed by atoms with E-state index in [-0.39, 0.29) is 24.4 Å². The summed E-state index contributed by atoms with van der Waals surface area (Å²) in [6.45, 7) is 3.93. The van der Waals surface area contributed by atoms with Crippen molar-refractivity contribution in [2.45, 2.75) is 50.5 Å². The summed E-state index contributed by atoms with van der Waals surface area (Å²) in [5, 5.41) is 0. The molecule has 0 spiro atoms. The molecular formula is C10H14O3. The number of ether oxygens (including phenoxy) is 3. The second-order valence-corrected chi connectivity index (χ2v) is 4.37. The van der Waals surface area contributed by atoms with Gasteiger partial charge in [-0.2, -0.15) is 0 Å². The SMILES string of the molecule is CC1(C)OC2C3C=CCC(O3)C2O1. The van der Waals surface area contributed by atoms with Crippen LogP contribution in [-0.2, 0) is 14.2 Å². The van der Waals surface area contributed by atoms with Gasteiger partial charge in [0.25, 0.3) is 0 Å². The Kier molecular flexibility index (Phi) is 1.44. The number of fused-ring (bicyclic) bond motifs is 5. The van der Waals surface area contributed by atoms with Gasteiger partial charge in [0.15, 0.2) is 5.79 Å². The van der Waals surface area contributed by atoms with E-state index in [9.17, 15) is 0 Å². The minimum atomic E-state index is -0.430. The van der Waals surface area contributed by atoms with Crippen LogP contribution in [0.3, 0.4) is 0 Å². The Morgan fingerprint density at radius 2 is 2.00 bits per heavy atom. The van der Waals surface area contributed by atoms with Crippen LogP contribution in [0.5, 0.6) is 0 Å². The van der Waals surface area contributed by atoms with Crippen LogP contribution in [0.4, 0.5) is 0 Å². The summed E-state index contributed by atoms with van der Waals surface area (Å²) < 4.78 is 17.3. The summed E-state index contributed by atoms with van der Waals surface area (Å²) in [4.78, 5) is 0. The average molecular weight is 182 g/mol. The smallest absolute Gasteiger partial charge is 0.164 e. The highest BCUT2D eigenvalue weighted by atomic mass is 16.8. The molecule has 2 saturated heterocycles. The van der Waals surface area contributed by atoms with Crippen molar-refractivity contribution in [2.24, 2.45) is 0 Å². The Hall–Kier alpha value is -0.380. The number of rotatable bonds is 0. The Labute approximate surface area is 77.7 Å². The first-order valence-corrected chi connectivity index (χ1v) is 4.83. The Morgan fingerprint density at radius 3 is 2.85 bits per heavy atom. The lowest BCUT2D eigenvalue weighted by Gasteiger charge is -2.24. The molecule has 0 aromatic heterocycles. The molecule has 3 nitrogen and oxygen atoms in total. The summed E-state index contributed by atoms with van der Waals surface area (Å²) in [5.41, 5.74) is 0. The molecule has 3 aliphatic heterocycles. The van der Waals surface area contributed by atoms with E-state index in [0.29, 0.717) is 0 Å². The molecule has 3 heterocycles. The lowest BCUT2D eigenvalue weighted by Crippen LogP contribution is -2.29. The van der Waals surface area contributed by atoms with Gasteiger partial charge in [-0.05, 0) is 20.3 Å². The highest BCUT2D eigenvalue weighted by Crippen LogP contribution is 2.41. The van der Waals surface area contributed by atoms with Crippen molar-refractivity contribution in [1.82, 2.24) is 0 Å². The molecule has 4 unspecified atom stereocenters. The quantitative estimate of drug-likeness (QED) is 0.527. The highest BCUT2D eigenvalue weighted by molar-refractivity contribution is 5.12. The van der Waals surface area contributed by atoms with E-state index in [1.54, 1.807) is 0 Å². The van der Waals surface area contributed by atoms with Gasteiger partial charge in [0.1, 0.15) is 18.3 Å². The van der Waals surface area contributed by atoms with Crippen molar-refractivity contribution in [3.63, 3.8) is 0 Å². The van der Waals surface area contributed by atoms with Crippen LogP contribution >= 0.6 is 0 Å². The minimum Gasteiger partial charge on any atom is -0.365 e. The fourth-order valence-corrected chi connectivity index (χ4v) is 2.41. The molecule has 3 aliphatic rings. The van der Waals surface area contributed by atoms with E-state index in [1.807, 2.05) is 13.8 Å². The van der Waals surface area contributed by atoms with Crippen LogP contribution in [0.25, 0.3) is 0 Å². The molecule has 72 valence electrons. The van der Waals surface area contributed by atoms with Gasteiger partial charge in [0.05, 0.1) is 6.10 Å². The zero-order valence-electron chi connectivity index (χ0n) is 7.90. The lowest BCUT2D eigenvalue weighted by molar-refractivity contribution is -0.183. The summed E-state index contributed by atoms with van der Waals surface area (Å²) in [6.07, 6.45) is 5.78. The molecule has 0 N–H and O–H groups in total. The van der Waals surface area contributed by atoms with Crippen molar-refractivity contribution < 1.29 is 14.2 Å². The molecule has 0 aromatic rings. The topological polar surface area (TPSA) is 27.7 Å². The third-order valence-corrected chi connectivity index (χ3v) is 2.88. The van der Waals surface area contributed by atoms with E-state index in [2.05, 4.69) is 12.2 Å². The summed E-state index contributed by atoms with van der Waals surface area (Å²) in [7, 11) is 0. The summed E-state index contributed by atoms with van der Waals surface area (Å²) >= 11 is 0. The molecule has 0 aliphatic carbocycles. The van der Waals surface area contributed by atoms with Gasteiger partial charge in [-0.3, -0.25) is 0 Å². The molecule has 4 atom stereocenters. The second-order valence-electron chi connectivity index (χ2n) is 4.37. The molecule has 2 fully saturated rings. The van der Waals surface area contributed by atoms with Gasteiger partial charge in [-0.1, -0.05) is 12.2 Å². The molecule has 2 bridgehead atoms. The van der Waals surface area contributed by atoms with E-state index < -0.39 is 5.79 Å². The lowest BCUT2D eigenvalue weighted by atomic mass is 10.1. The maximum absolute atomic E-state index is 5.80. The van der Waals surface area contributed by atoms with E-state index in [1.165, 1.54) is 0 Å². The Balaban J connectivity index is 1.90. The predicted molar refractivity (Wildman–Crippen MR) is 46.2 cm³/mol. The second kappa shape index (κ2) is 2.35. The zero-order valence-corrected chi connectivity index (χ0v) is 7.90. The van der Waals surface area contributed by atoms with Crippen LogP contribution in [0.2, 0.25) is 0 Å². The third kappa shape index (κ3) is 1.08. The highest BCUT2D eigenvalue weighted by Gasteiger charge is 2.54. The van der Waals surface area contributed by atoms with Crippen LogP contribution in [0, 0.1) is 0 Å². The Morgan fingerprint density at radius 1 is 1.23 bits per heavy atom. The van der Waals surface area contributed by atoms with Gasteiger partial charge in [-0.25, -0.2) is 0 Å². The largest absolute Gasteiger partial charge is 0.365 e. The van der Waals surface area contributed by atoms with Crippen molar-refractivity contribution in [2.75, 3.05) is 0 Å². The third-order valence-electron chi connectivity index (χ3n) is 2.88. The maximum atomic E-state index is 5.80. The van der Waals surface area contributed by atoms with Crippen molar-refractivity contribution in [3.8, 4) is 0 Å². The first-order valence-electron chi connectivity index (χ1n) is 4.83. The zero-order chi connectivity index (χ0) is 9.05. The van der Waals surface area contributed by atoms with Crippen LogP contribution in [-0.4, -0.2) is 30.2 Å². The minimum absolute atomic E-state index is 0.110. The van der Waals surface area contributed by atoms with Crippen molar-refractivity contribution >= 4 is 0 Å². The van der Waals surface area contributed by atoms with Crippen LogP contribution in [0.15, 0.2) is 12.2 Å². The van der Waals surface area contributed by atoms with Gasteiger partial charge in [0, 0.05) is 0 Å².